The Morgan fingerprint density at radius 1 is 1.14 bits per heavy atom. The maximum Gasteiger partial charge on any atom is 0.339 e. The van der Waals surface area contributed by atoms with Gasteiger partial charge in [-0.05, 0) is 32.0 Å². The number of fused-ring (bicyclic) bond motifs is 1. The van der Waals surface area contributed by atoms with Gasteiger partial charge in [-0.3, -0.25) is 4.40 Å². The highest BCUT2D eigenvalue weighted by atomic mass is 16.5. The van der Waals surface area contributed by atoms with Crippen LogP contribution < -0.4 is 0 Å². The zero-order valence-corrected chi connectivity index (χ0v) is 11.9. The van der Waals surface area contributed by atoms with Crippen molar-refractivity contribution < 1.29 is 9.53 Å². The second-order valence-corrected chi connectivity index (χ2v) is 4.65. The van der Waals surface area contributed by atoms with Gasteiger partial charge in [0.25, 0.3) is 0 Å². The molecule has 3 aromatic rings. The van der Waals surface area contributed by atoms with E-state index in [1.54, 1.807) is 22.7 Å². The summed E-state index contributed by atoms with van der Waals surface area (Å²) in [5.74, 6) is 0.212. The third kappa shape index (κ3) is 2.22. The lowest BCUT2D eigenvalue weighted by Gasteiger charge is -2.05. The first kappa shape index (κ1) is 13.2. The Kier molecular flexibility index (Phi) is 3.09. The monoisotopic (exact) mass is 283 g/mol. The Labute approximate surface area is 120 Å². The van der Waals surface area contributed by atoms with Gasteiger partial charge in [0.1, 0.15) is 0 Å². The van der Waals surface area contributed by atoms with Gasteiger partial charge >= 0.3 is 5.97 Å². The van der Waals surface area contributed by atoms with E-state index in [9.17, 15) is 4.79 Å². The van der Waals surface area contributed by atoms with Crippen LogP contribution in [0.1, 0.15) is 21.7 Å². The van der Waals surface area contributed by atoms with Crippen molar-refractivity contribution in [1.29, 1.82) is 0 Å². The second-order valence-electron chi connectivity index (χ2n) is 4.65. The van der Waals surface area contributed by atoms with Crippen molar-refractivity contribution in [3.05, 3.63) is 41.3 Å². The van der Waals surface area contributed by atoms with Gasteiger partial charge in [0, 0.05) is 11.8 Å². The molecule has 0 saturated heterocycles. The van der Waals surface area contributed by atoms with Gasteiger partial charge in [-0.15, -0.1) is 10.2 Å². The summed E-state index contributed by atoms with van der Waals surface area (Å²) >= 11 is 0. The van der Waals surface area contributed by atoms with E-state index in [1.807, 2.05) is 19.9 Å². The number of nitrogens with zero attached hydrogens (tertiary/aromatic N) is 5. The fourth-order valence-corrected chi connectivity index (χ4v) is 2.09. The van der Waals surface area contributed by atoms with Crippen molar-refractivity contribution in [3.8, 4) is 11.4 Å². The average Bonchev–Trinajstić information content (AvgIpc) is 2.91. The first-order chi connectivity index (χ1) is 10.1. The Bertz CT molecular complexity index is 840. The Morgan fingerprint density at radius 3 is 2.71 bits per heavy atom. The number of pyridine rings is 1. The highest BCUT2D eigenvalue weighted by Crippen LogP contribution is 2.21. The number of hydrogen-bond acceptors (Lipinski definition) is 6. The number of hydrogen-bond donors (Lipinski definition) is 0. The molecule has 0 saturated carbocycles. The molecule has 0 radical (unpaired) electrons. The van der Waals surface area contributed by atoms with Crippen LogP contribution >= 0.6 is 0 Å². The molecular weight excluding hydrogens is 270 g/mol. The van der Waals surface area contributed by atoms with Crippen LogP contribution in [0.3, 0.4) is 0 Å². The third-order valence-corrected chi connectivity index (χ3v) is 3.17. The number of aryl methyl sites for hydroxylation is 2. The molecule has 0 unspecified atom stereocenters. The van der Waals surface area contributed by atoms with Crippen LogP contribution in [-0.2, 0) is 4.74 Å². The van der Waals surface area contributed by atoms with Crippen molar-refractivity contribution in [2.24, 2.45) is 0 Å². The average molecular weight is 283 g/mol. The summed E-state index contributed by atoms with van der Waals surface area (Å²) < 4.78 is 6.48. The van der Waals surface area contributed by atoms with Crippen LogP contribution in [0.15, 0.2) is 24.4 Å². The van der Waals surface area contributed by atoms with Crippen molar-refractivity contribution >= 4 is 11.6 Å². The van der Waals surface area contributed by atoms with E-state index in [0.29, 0.717) is 17.0 Å². The minimum atomic E-state index is -0.405. The topological polar surface area (TPSA) is 82.3 Å². The highest BCUT2D eigenvalue weighted by Gasteiger charge is 2.14. The second kappa shape index (κ2) is 4.93. The normalized spacial score (nSPS) is 10.8. The molecule has 7 nitrogen and oxygen atoms in total. The maximum atomic E-state index is 11.6. The summed E-state index contributed by atoms with van der Waals surface area (Å²) in [6.07, 6.45) is 1.66. The third-order valence-electron chi connectivity index (χ3n) is 3.17. The Balaban J connectivity index is 2.23. The van der Waals surface area contributed by atoms with Gasteiger partial charge in [0.05, 0.1) is 24.1 Å². The molecule has 106 valence electrons. The molecule has 3 rings (SSSR count). The van der Waals surface area contributed by atoms with Gasteiger partial charge < -0.3 is 4.74 Å². The van der Waals surface area contributed by atoms with Gasteiger partial charge in [0.2, 0.25) is 0 Å². The Morgan fingerprint density at radius 2 is 1.95 bits per heavy atom. The molecule has 0 aliphatic carbocycles. The molecule has 0 spiro atoms. The lowest BCUT2D eigenvalue weighted by atomic mass is 10.2. The van der Waals surface area contributed by atoms with Crippen LogP contribution in [0.4, 0.5) is 0 Å². The Hall–Kier alpha value is -2.83. The van der Waals surface area contributed by atoms with E-state index >= 15 is 0 Å². The molecule has 3 aromatic heterocycles. The fraction of sp³-hybridized carbons (Fsp3) is 0.214. The molecule has 0 atom stereocenters. The van der Waals surface area contributed by atoms with Crippen molar-refractivity contribution in [2.75, 3.05) is 7.11 Å². The number of esters is 1. The van der Waals surface area contributed by atoms with Crippen LogP contribution in [0, 0.1) is 13.8 Å². The van der Waals surface area contributed by atoms with E-state index < -0.39 is 5.97 Å². The number of carbonyl (C=O) groups excluding carboxylic acids is 1. The maximum absolute atomic E-state index is 11.6. The SMILES string of the molecule is COC(=O)c1ccc2nnc(-c3cc(C)nnc3C)n2c1. The molecule has 0 fully saturated rings. The summed E-state index contributed by atoms with van der Waals surface area (Å²) in [5.41, 5.74) is 3.45. The van der Waals surface area contributed by atoms with Crippen LogP contribution in [-0.4, -0.2) is 37.9 Å². The smallest absolute Gasteiger partial charge is 0.339 e. The minimum absolute atomic E-state index is 0.405. The van der Waals surface area contributed by atoms with Gasteiger partial charge in [-0.2, -0.15) is 10.2 Å². The molecule has 0 amide bonds. The quantitative estimate of drug-likeness (QED) is 0.664. The molecule has 0 aliphatic heterocycles. The lowest BCUT2D eigenvalue weighted by molar-refractivity contribution is 0.0600. The fourth-order valence-electron chi connectivity index (χ4n) is 2.09. The molecule has 0 bridgehead atoms. The van der Waals surface area contributed by atoms with Gasteiger partial charge in [0.15, 0.2) is 11.5 Å². The standard InChI is InChI=1S/C14H13N5O2/c1-8-6-11(9(2)16-15-8)13-18-17-12-5-4-10(7-19(12)13)14(20)21-3/h4-7H,1-3H3. The first-order valence-electron chi connectivity index (χ1n) is 6.34. The first-order valence-corrected chi connectivity index (χ1v) is 6.34. The zero-order chi connectivity index (χ0) is 15.0. The molecule has 0 aromatic carbocycles. The summed E-state index contributed by atoms with van der Waals surface area (Å²) in [7, 11) is 1.35. The highest BCUT2D eigenvalue weighted by molar-refractivity contribution is 5.89. The predicted octanol–water partition coefficient (Wildman–Crippen LogP) is 1.59. The molecule has 0 aliphatic rings. The lowest BCUT2D eigenvalue weighted by Crippen LogP contribution is -2.04. The van der Waals surface area contributed by atoms with Crippen LogP contribution in [0.2, 0.25) is 0 Å². The van der Waals surface area contributed by atoms with Gasteiger partial charge in [-0.1, -0.05) is 0 Å². The van der Waals surface area contributed by atoms with E-state index in [2.05, 4.69) is 20.4 Å². The van der Waals surface area contributed by atoms with Crippen molar-refractivity contribution in [3.63, 3.8) is 0 Å². The summed E-state index contributed by atoms with van der Waals surface area (Å²) in [4.78, 5) is 11.6. The minimum Gasteiger partial charge on any atom is -0.465 e. The summed E-state index contributed by atoms with van der Waals surface area (Å²) in [6.45, 7) is 3.71. The number of carbonyl (C=O) groups is 1. The van der Waals surface area contributed by atoms with Crippen LogP contribution in [0.5, 0.6) is 0 Å². The number of methoxy groups -OCH3 is 1. The largest absolute Gasteiger partial charge is 0.465 e. The molecule has 3 heterocycles. The van der Waals surface area contributed by atoms with E-state index in [-0.39, 0.29) is 0 Å². The summed E-state index contributed by atoms with van der Waals surface area (Å²) in [6, 6.07) is 5.27. The number of ether oxygens (including phenoxy) is 1. The van der Waals surface area contributed by atoms with E-state index in [1.165, 1.54) is 7.11 Å². The molecule has 21 heavy (non-hydrogen) atoms. The van der Waals surface area contributed by atoms with Gasteiger partial charge in [-0.25, -0.2) is 4.79 Å². The van der Waals surface area contributed by atoms with Crippen molar-refractivity contribution in [2.45, 2.75) is 13.8 Å². The van der Waals surface area contributed by atoms with E-state index in [4.69, 9.17) is 4.74 Å². The summed E-state index contributed by atoms with van der Waals surface area (Å²) in [5, 5.41) is 16.4. The van der Waals surface area contributed by atoms with Crippen LogP contribution in [0.25, 0.3) is 17.0 Å². The van der Waals surface area contributed by atoms with Crippen molar-refractivity contribution in [1.82, 2.24) is 24.8 Å². The van der Waals surface area contributed by atoms with E-state index in [0.717, 1.165) is 17.0 Å². The number of rotatable bonds is 2. The molecular formula is C14H13N5O2. The molecule has 0 N–H and O–H groups in total. The zero-order valence-electron chi connectivity index (χ0n) is 11.9. The molecule has 7 heteroatoms. The number of aromatic nitrogens is 5. The predicted molar refractivity (Wildman–Crippen MR) is 74.8 cm³/mol.